The summed E-state index contributed by atoms with van der Waals surface area (Å²) in [5.74, 6) is -18.9. The van der Waals surface area contributed by atoms with Crippen LogP contribution in [0.4, 0.5) is 40.8 Å². The number of para-hydroxylation sites is 3. The summed E-state index contributed by atoms with van der Waals surface area (Å²) in [4.78, 5) is 3.91. The molecule has 176 valence electrons. The Morgan fingerprint density at radius 2 is 1.56 bits per heavy atom. The van der Waals surface area contributed by atoms with Crippen molar-refractivity contribution < 1.29 is 49.7 Å². The van der Waals surface area contributed by atoms with E-state index in [-0.39, 0.29) is 29.4 Å². The molecule has 4 nitrogen and oxygen atoms in total. The number of rotatable bonds is 10. The number of nitrogens with zero attached hydrogens (tertiary/aromatic N) is 1. The van der Waals surface area contributed by atoms with Crippen LogP contribution in [0.2, 0.25) is 0 Å². The van der Waals surface area contributed by atoms with E-state index in [2.05, 4.69) is 9.73 Å². The van der Waals surface area contributed by atoms with Crippen LogP contribution in [0.3, 0.4) is 0 Å². The molecule has 2 rings (SSSR count). The zero-order chi connectivity index (χ0) is 24.2. The molecular weight excluding hydrogens is 454 g/mol. The van der Waals surface area contributed by atoms with Gasteiger partial charge < -0.3 is 14.6 Å². The molecule has 0 radical (unpaired) electrons. The molecule has 2 aromatic rings. The minimum absolute atomic E-state index is 0.141. The predicted octanol–water partition coefficient (Wildman–Crippen LogP) is 6.09. The first-order valence-electron chi connectivity index (χ1n) is 8.97. The summed E-state index contributed by atoms with van der Waals surface area (Å²) >= 11 is 0. The lowest BCUT2D eigenvalue weighted by molar-refractivity contribution is -0.342. The maximum absolute atomic E-state index is 13.7. The van der Waals surface area contributed by atoms with Gasteiger partial charge >= 0.3 is 24.2 Å². The van der Waals surface area contributed by atoms with E-state index < -0.39 is 36.5 Å². The minimum atomic E-state index is -6.38. The second kappa shape index (κ2) is 9.61. The van der Waals surface area contributed by atoms with Gasteiger partial charge in [-0.2, -0.15) is 26.3 Å². The highest BCUT2D eigenvalue weighted by molar-refractivity contribution is 5.87. The highest BCUT2D eigenvalue weighted by Gasteiger charge is 2.75. The van der Waals surface area contributed by atoms with E-state index in [9.17, 15) is 40.2 Å². The molecule has 0 fully saturated rings. The van der Waals surface area contributed by atoms with Crippen molar-refractivity contribution in [1.29, 1.82) is 0 Å². The molecule has 0 saturated carbocycles. The number of hydrogen-bond donors (Lipinski definition) is 1. The van der Waals surface area contributed by atoms with Gasteiger partial charge in [0.15, 0.2) is 18.1 Å². The van der Waals surface area contributed by atoms with Gasteiger partial charge in [0.1, 0.15) is 11.4 Å². The van der Waals surface area contributed by atoms with Crippen LogP contribution in [0.15, 0.2) is 47.5 Å². The molecule has 0 amide bonds. The Bertz CT molecular complexity index is 950. The van der Waals surface area contributed by atoms with Gasteiger partial charge in [-0.3, -0.25) is 4.99 Å². The van der Waals surface area contributed by atoms with Gasteiger partial charge in [-0.25, -0.2) is 8.78 Å². The lowest BCUT2D eigenvalue weighted by atomic mass is 10.1. The van der Waals surface area contributed by atoms with Crippen molar-refractivity contribution in [3.63, 3.8) is 0 Å². The van der Waals surface area contributed by atoms with Crippen molar-refractivity contribution in [3.8, 4) is 17.2 Å². The maximum Gasteiger partial charge on any atom is 0.381 e. The Hall–Kier alpha value is -3.05. The van der Waals surface area contributed by atoms with Crippen LogP contribution >= 0.6 is 0 Å². The van der Waals surface area contributed by atoms with E-state index in [1.54, 1.807) is 6.92 Å². The molecule has 0 spiro atoms. The van der Waals surface area contributed by atoms with E-state index in [4.69, 9.17) is 4.74 Å². The monoisotopic (exact) mass is 471 g/mol. The summed E-state index contributed by atoms with van der Waals surface area (Å²) in [6, 6.07) is 9.33. The van der Waals surface area contributed by atoms with E-state index in [1.165, 1.54) is 36.4 Å². The highest BCUT2D eigenvalue weighted by atomic mass is 19.4. The second-order valence-corrected chi connectivity index (χ2v) is 6.34. The standard InChI is InChI=1S/C20H17F8NO3/c1-2-31-15-9-5-6-12(16(15)30)10-29-13-7-3-4-8-14(13)32-11-18(23,24)20(27,28)19(25,26)17(21)22/h3-10,17,30H,2,11H2,1H3. The first-order valence-corrected chi connectivity index (χ1v) is 8.97. The van der Waals surface area contributed by atoms with E-state index in [0.717, 1.165) is 12.3 Å². The van der Waals surface area contributed by atoms with Gasteiger partial charge in [0.05, 0.1) is 6.61 Å². The number of hydrogen-bond acceptors (Lipinski definition) is 4. The predicted molar refractivity (Wildman–Crippen MR) is 99.3 cm³/mol. The number of aliphatic imine (C=N–C) groups is 1. The van der Waals surface area contributed by atoms with Crippen molar-refractivity contribution in [3.05, 3.63) is 48.0 Å². The third kappa shape index (κ3) is 5.05. The SMILES string of the molecule is CCOc1cccc(C=Nc2ccccc2OCC(F)(F)C(F)(F)C(F)(F)C(F)F)c1O. The van der Waals surface area contributed by atoms with Crippen LogP contribution in [-0.2, 0) is 0 Å². The Labute approximate surface area is 177 Å². The number of benzene rings is 2. The topological polar surface area (TPSA) is 51.0 Å². The van der Waals surface area contributed by atoms with Gasteiger partial charge in [0.25, 0.3) is 0 Å². The Morgan fingerprint density at radius 3 is 2.19 bits per heavy atom. The fraction of sp³-hybridized carbons (Fsp3) is 0.350. The molecular formula is C20H17F8NO3. The average Bonchev–Trinajstić information content (AvgIpc) is 2.73. The third-order valence-corrected chi connectivity index (χ3v) is 4.10. The molecule has 0 bridgehead atoms. The highest BCUT2D eigenvalue weighted by Crippen LogP contribution is 2.48. The smallest absolute Gasteiger partial charge is 0.381 e. The van der Waals surface area contributed by atoms with Crippen molar-refractivity contribution in [2.45, 2.75) is 31.1 Å². The zero-order valence-electron chi connectivity index (χ0n) is 16.3. The van der Waals surface area contributed by atoms with Crippen LogP contribution < -0.4 is 9.47 Å². The summed E-state index contributed by atoms with van der Waals surface area (Å²) in [5, 5.41) is 10.1. The average molecular weight is 471 g/mol. The Kier molecular flexibility index (Phi) is 7.58. The Balaban J connectivity index is 2.25. The van der Waals surface area contributed by atoms with E-state index >= 15 is 0 Å². The van der Waals surface area contributed by atoms with Crippen LogP contribution in [-0.4, -0.2) is 48.7 Å². The summed E-state index contributed by atoms with van der Waals surface area (Å²) in [7, 11) is 0. The third-order valence-electron chi connectivity index (χ3n) is 4.10. The van der Waals surface area contributed by atoms with Crippen LogP contribution in [0, 0.1) is 0 Å². The molecule has 0 aliphatic rings. The molecule has 0 aliphatic carbocycles. The largest absolute Gasteiger partial charge is 0.504 e. The quantitative estimate of drug-likeness (QED) is 0.337. The maximum atomic E-state index is 13.7. The first-order chi connectivity index (χ1) is 14.8. The van der Waals surface area contributed by atoms with Gasteiger partial charge in [-0.05, 0) is 31.2 Å². The molecule has 2 aromatic carbocycles. The van der Waals surface area contributed by atoms with Gasteiger partial charge in [0, 0.05) is 11.8 Å². The minimum Gasteiger partial charge on any atom is -0.504 e. The van der Waals surface area contributed by atoms with E-state index in [1.807, 2.05) is 0 Å². The van der Waals surface area contributed by atoms with Crippen molar-refractivity contribution in [2.24, 2.45) is 4.99 Å². The molecule has 32 heavy (non-hydrogen) atoms. The van der Waals surface area contributed by atoms with Crippen LogP contribution in [0.5, 0.6) is 17.2 Å². The summed E-state index contributed by atoms with van der Waals surface area (Å²) < 4.78 is 114. The molecule has 1 N–H and O–H groups in total. The molecule has 12 heteroatoms. The summed E-state index contributed by atoms with van der Waals surface area (Å²) in [5.41, 5.74) is -0.0346. The molecule has 0 heterocycles. The van der Waals surface area contributed by atoms with Crippen LogP contribution in [0.1, 0.15) is 12.5 Å². The van der Waals surface area contributed by atoms with E-state index in [0.29, 0.717) is 0 Å². The molecule has 0 unspecified atom stereocenters. The Morgan fingerprint density at radius 1 is 0.938 bits per heavy atom. The number of alkyl halides is 8. The molecule has 0 atom stereocenters. The summed E-state index contributed by atoms with van der Waals surface area (Å²) in [6.45, 7) is -0.377. The van der Waals surface area contributed by atoms with Crippen molar-refractivity contribution in [2.75, 3.05) is 13.2 Å². The normalized spacial score (nSPS) is 13.1. The lowest BCUT2D eigenvalue weighted by Crippen LogP contribution is -2.59. The summed E-state index contributed by atoms with van der Waals surface area (Å²) in [6.07, 6.45) is -3.92. The number of halogens is 8. The van der Waals surface area contributed by atoms with Crippen molar-refractivity contribution in [1.82, 2.24) is 0 Å². The van der Waals surface area contributed by atoms with Gasteiger partial charge in [-0.1, -0.05) is 18.2 Å². The number of aromatic hydroxyl groups is 1. The van der Waals surface area contributed by atoms with Crippen LogP contribution in [0.25, 0.3) is 0 Å². The number of phenols is 1. The second-order valence-electron chi connectivity index (χ2n) is 6.34. The first kappa shape index (κ1) is 25.2. The lowest BCUT2D eigenvalue weighted by Gasteiger charge is -2.32. The van der Waals surface area contributed by atoms with Gasteiger partial charge in [-0.15, -0.1) is 0 Å². The number of phenolic OH excluding ortho intramolecular Hbond substituents is 1. The zero-order valence-corrected chi connectivity index (χ0v) is 16.3. The fourth-order valence-electron chi connectivity index (χ4n) is 2.38. The molecule has 0 saturated heterocycles. The fourth-order valence-corrected chi connectivity index (χ4v) is 2.38. The van der Waals surface area contributed by atoms with Crippen molar-refractivity contribution >= 4 is 11.9 Å². The molecule has 0 aliphatic heterocycles. The number of ether oxygens (including phenoxy) is 2. The molecule has 0 aromatic heterocycles. The van der Waals surface area contributed by atoms with Gasteiger partial charge in [0.2, 0.25) is 0 Å².